The molecule has 1 rings (SSSR count). The summed E-state index contributed by atoms with van der Waals surface area (Å²) in [5, 5.41) is 3.59. The van der Waals surface area contributed by atoms with Crippen LogP contribution in [-0.4, -0.2) is 26.7 Å². The Labute approximate surface area is 130 Å². The standard InChI is InChI=1S/C18H32N2O/c1-6-9-14-20(8-3)16-11-10-12-17(21-5)18(16)15(4)19-13-7-2/h10-12,15,19H,6-9,13-14H2,1-5H3. The molecule has 1 aromatic carbocycles. The fourth-order valence-electron chi connectivity index (χ4n) is 2.68. The Hall–Kier alpha value is -1.22. The highest BCUT2D eigenvalue weighted by Gasteiger charge is 2.18. The minimum absolute atomic E-state index is 0.298. The van der Waals surface area contributed by atoms with Crippen molar-refractivity contribution in [1.82, 2.24) is 5.32 Å². The van der Waals surface area contributed by atoms with Gasteiger partial charge in [-0.3, -0.25) is 0 Å². The second kappa shape index (κ2) is 9.67. The van der Waals surface area contributed by atoms with Crippen LogP contribution in [0.4, 0.5) is 5.69 Å². The average molecular weight is 292 g/mol. The molecule has 3 heteroatoms. The van der Waals surface area contributed by atoms with E-state index in [4.69, 9.17) is 4.74 Å². The topological polar surface area (TPSA) is 24.5 Å². The van der Waals surface area contributed by atoms with E-state index in [1.165, 1.54) is 24.1 Å². The first-order valence-electron chi connectivity index (χ1n) is 8.34. The number of rotatable bonds is 10. The smallest absolute Gasteiger partial charge is 0.125 e. The number of nitrogens with zero attached hydrogens (tertiary/aromatic N) is 1. The zero-order chi connectivity index (χ0) is 15.7. The van der Waals surface area contributed by atoms with Gasteiger partial charge in [-0.05, 0) is 45.4 Å². The zero-order valence-corrected chi connectivity index (χ0v) is 14.4. The molecule has 0 bridgehead atoms. The predicted molar refractivity (Wildman–Crippen MR) is 92.5 cm³/mol. The summed E-state index contributed by atoms with van der Waals surface area (Å²) < 4.78 is 5.62. The number of anilines is 1. The van der Waals surface area contributed by atoms with Crippen LogP contribution in [0.2, 0.25) is 0 Å². The first-order chi connectivity index (χ1) is 10.2. The molecule has 0 aliphatic rings. The number of nitrogens with one attached hydrogen (secondary N) is 1. The van der Waals surface area contributed by atoms with Crippen LogP contribution in [0.1, 0.15) is 58.6 Å². The van der Waals surface area contributed by atoms with Gasteiger partial charge < -0.3 is 15.0 Å². The second-order valence-corrected chi connectivity index (χ2v) is 5.50. The maximum absolute atomic E-state index is 5.62. The monoisotopic (exact) mass is 292 g/mol. The molecule has 1 unspecified atom stereocenters. The summed E-state index contributed by atoms with van der Waals surface area (Å²) in [5.74, 6) is 0.985. The van der Waals surface area contributed by atoms with Crippen LogP contribution in [0.15, 0.2) is 18.2 Å². The predicted octanol–water partition coefficient (Wildman–Crippen LogP) is 4.38. The molecule has 1 atom stereocenters. The van der Waals surface area contributed by atoms with Gasteiger partial charge in [0.1, 0.15) is 5.75 Å². The van der Waals surface area contributed by atoms with Crippen LogP contribution in [0.3, 0.4) is 0 Å². The SMILES string of the molecule is CCCCN(CC)c1cccc(OC)c1C(C)NCCC. The largest absolute Gasteiger partial charge is 0.496 e. The van der Waals surface area contributed by atoms with Gasteiger partial charge in [-0.25, -0.2) is 0 Å². The van der Waals surface area contributed by atoms with Crippen LogP contribution in [0.25, 0.3) is 0 Å². The molecular formula is C18H32N2O. The molecule has 1 aromatic rings. The van der Waals surface area contributed by atoms with E-state index in [1.807, 2.05) is 0 Å². The molecule has 0 saturated heterocycles. The van der Waals surface area contributed by atoms with Crippen LogP contribution >= 0.6 is 0 Å². The normalized spacial score (nSPS) is 12.2. The van der Waals surface area contributed by atoms with Crippen molar-refractivity contribution in [2.45, 2.75) is 53.0 Å². The number of hydrogen-bond donors (Lipinski definition) is 1. The summed E-state index contributed by atoms with van der Waals surface area (Å²) in [5.41, 5.74) is 2.59. The minimum atomic E-state index is 0.298. The Morgan fingerprint density at radius 1 is 1.19 bits per heavy atom. The quantitative estimate of drug-likeness (QED) is 0.692. The van der Waals surface area contributed by atoms with Crippen molar-refractivity contribution in [2.24, 2.45) is 0 Å². The Morgan fingerprint density at radius 3 is 2.52 bits per heavy atom. The average Bonchev–Trinajstić information content (AvgIpc) is 2.52. The molecule has 0 heterocycles. The summed E-state index contributed by atoms with van der Waals surface area (Å²) in [6.45, 7) is 12.1. The van der Waals surface area contributed by atoms with E-state index >= 15 is 0 Å². The highest BCUT2D eigenvalue weighted by molar-refractivity contribution is 5.60. The van der Waals surface area contributed by atoms with E-state index in [0.717, 1.165) is 31.8 Å². The number of methoxy groups -OCH3 is 1. The van der Waals surface area contributed by atoms with Crippen molar-refractivity contribution in [1.29, 1.82) is 0 Å². The summed E-state index contributed by atoms with van der Waals surface area (Å²) in [6, 6.07) is 6.68. The third kappa shape index (κ3) is 4.92. The van der Waals surface area contributed by atoms with Crippen LogP contribution < -0.4 is 15.0 Å². The summed E-state index contributed by atoms with van der Waals surface area (Å²) in [7, 11) is 1.76. The summed E-state index contributed by atoms with van der Waals surface area (Å²) in [6.07, 6.45) is 3.59. The highest BCUT2D eigenvalue weighted by atomic mass is 16.5. The second-order valence-electron chi connectivity index (χ2n) is 5.50. The molecule has 0 fully saturated rings. The Kier molecular flexibility index (Phi) is 8.21. The van der Waals surface area contributed by atoms with Crippen molar-refractivity contribution in [3.8, 4) is 5.75 Å². The molecule has 3 nitrogen and oxygen atoms in total. The fraction of sp³-hybridized carbons (Fsp3) is 0.667. The van der Waals surface area contributed by atoms with Crippen molar-refractivity contribution in [2.75, 3.05) is 31.6 Å². The Morgan fingerprint density at radius 2 is 1.95 bits per heavy atom. The number of ether oxygens (including phenoxy) is 1. The molecule has 0 aliphatic heterocycles. The lowest BCUT2D eigenvalue weighted by atomic mass is 10.0. The maximum Gasteiger partial charge on any atom is 0.125 e. The van der Waals surface area contributed by atoms with Crippen molar-refractivity contribution in [3.63, 3.8) is 0 Å². The Balaban J connectivity index is 3.10. The fourth-order valence-corrected chi connectivity index (χ4v) is 2.68. The highest BCUT2D eigenvalue weighted by Crippen LogP contribution is 2.34. The molecule has 0 aromatic heterocycles. The molecule has 0 amide bonds. The molecule has 21 heavy (non-hydrogen) atoms. The van der Waals surface area contributed by atoms with E-state index in [-0.39, 0.29) is 0 Å². The van der Waals surface area contributed by atoms with Gasteiger partial charge in [-0.1, -0.05) is 26.3 Å². The lowest BCUT2D eigenvalue weighted by Crippen LogP contribution is -2.28. The van der Waals surface area contributed by atoms with E-state index in [0.29, 0.717) is 6.04 Å². The van der Waals surface area contributed by atoms with Gasteiger partial charge in [-0.15, -0.1) is 0 Å². The van der Waals surface area contributed by atoms with Crippen molar-refractivity contribution < 1.29 is 4.74 Å². The molecule has 0 aliphatic carbocycles. The molecule has 1 N–H and O–H groups in total. The summed E-state index contributed by atoms with van der Waals surface area (Å²) in [4.78, 5) is 2.46. The van der Waals surface area contributed by atoms with E-state index in [9.17, 15) is 0 Å². The van der Waals surface area contributed by atoms with E-state index in [2.05, 4.69) is 56.1 Å². The molecule has 0 radical (unpaired) electrons. The van der Waals surface area contributed by atoms with Gasteiger partial charge in [-0.2, -0.15) is 0 Å². The number of unbranched alkanes of at least 4 members (excludes halogenated alkanes) is 1. The third-order valence-corrected chi connectivity index (χ3v) is 3.90. The van der Waals surface area contributed by atoms with Crippen LogP contribution in [0.5, 0.6) is 5.75 Å². The van der Waals surface area contributed by atoms with Gasteiger partial charge in [0.05, 0.1) is 7.11 Å². The van der Waals surface area contributed by atoms with Crippen molar-refractivity contribution in [3.05, 3.63) is 23.8 Å². The van der Waals surface area contributed by atoms with Gasteiger partial charge >= 0.3 is 0 Å². The van der Waals surface area contributed by atoms with Gasteiger partial charge in [0.2, 0.25) is 0 Å². The van der Waals surface area contributed by atoms with Crippen LogP contribution in [-0.2, 0) is 0 Å². The zero-order valence-electron chi connectivity index (χ0n) is 14.4. The molecule has 120 valence electrons. The molecule has 0 spiro atoms. The van der Waals surface area contributed by atoms with Gasteiger partial charge in [0.25, 0.3) is 0 Å². The third-order valence-electron chi connectivity index (χ3n) is 3.90. The van der Waals surface area contributed by atoms with Crippen LogP contribution in [0, 0.1) is 0 Å². The van der Waals surface area contributed by atoms with E-state index < -0.39 is 0 Å². The first-order valence-corrected chi connectivity index (χ1v) is 8.34. The first kappa shape index (κ1) is 17.8. The van der Waals surface area contributed by atoms with Gasteiger partial charge in [0.15, 0.2) is 0 Å². The lowest BCUT2D eigenvalue weighted by molar-refractivity contribution is 0.401. The number of hydrogen-bond acceptors (Lipinski definition) is 3. The molecular weight excluding hydrogens is 260 g/mol. The van der Waals surface area contributed by atoms with Crippen molar-refractivity contribution >= 4 is 5.69 Å². The number of benzene rings is 1. The maximum atomic E-state index is 5.62. The minimum Gasteiger partial charge on any atom is -0.496 e. The van der Waals surface area contributed by atoms with Gasteiger partial charge in [0, 0.05) is 30.4 Å². The Bertz CT molecular complexity index is 406. The molecule has 0 saturated carbocycles. The van der Waals surface area contributed by atoms with E-state index in [1.54, 1.807) is 7.11 Å². The lowest BCUT2D eigenvalue weighted by Gasteiger charge is -2.29. The summed E-state index contributed by atoms with van der Waals surface area (Å²) >= 11 is 0.